The van der Waals surface area contributed by atoms with Crippen LogP contribution in [0.3, 0.4) is 0 Å². The minimum atomic E-state index is -1.21. The summed E-state index contributed by atoms with van der Waals surface area (Å²) in [6.07, 6.45) is 4.62. The van der Waals surface area contributed by atoms with Crippen molar-refractivity contribution in [3.8, 4) is 0 Å². The van der Waals surface area contributed by atoms with Gasteiger partial charge in [-0.25, -0.2) is 0 Å². The van der Waals surface area contributed by atoms with Gasteiger partial charge in [0.1, 0.15) is 11.6 Å². The summed E-state index contributed by atoms with van der Waals surface area (Å²) in [5, 5.41) is 10.7. The molecule has 0 aromatic heterocycles. The Balaban J connectivity index is 1.87. The molecule has 3 amide bonds. The van der Waals surface area contributed by atoms with Crippen LogP contribution in [0.2, 0.25) is 0 Å². The molecule has 0 aliphatic carbocycles. The van der Waals surface area contributed by atoms with Gasteiger partial charge in [-0.2, -0.15) is 0 Å². The molecule has 254 valence electrons. The first-order valence-corrected chi connectivity index (χ1v) is 16.9. The van der Waals surface area contributed by atoms with Crippen LogP contribution in [-0.2, 0) is 25.7 Å². The van der Waals surface area contributed by atoms with E-state index in [-0.39, 0.29) is 41.6 Å². The molecule has 4 rings (SSSR count). The first-order chi connectivity index (χ1) is 21.4. The van der Waals surface area contributed by atoms with Gasteiger partial charge in [0, 0.05) is 25.2 Å². The highest BCUT2D eigenvalue weighted by Crippen LogP contribution is 2.66. The third-order valence-electron chi connectivity index (χ3n) is 10.7. The molecule has 3 unspecified atom stereocenters. The number of ether oxygens (including phenoxy) is 1. The maximum atomic E-state index is 15.2. The van der Waals surface area contributed by atoms with Gasteiger partial charge in [0.2, 0.25) is 17.7 Å². The van der Waals surface area contributed by atoms with Gasteiger partial charge in [-0.15, -0.1) is 13.2 Å². The molecule has 8 heteroatoms. The Morgan fingerprint density at radius 3 is 2.22 bits per heavy atom. The van der Waals surface area contributed by atoms with Gasteiger partial charge in [0.25, 0.3) is 0 Å². The van der Waals surface area contributed by atoms with Gasteiger partial charge >= 0.3 is 0 Å². The number of likely N-dealkylation sites (tertiary alicyclic amines) is 1. The van der Waals surface area contributed by atoms with Gasteiger partial charge in [0.05, 0.1) is 30.1 Å². The van der Waals surface area contributed by atoms with Crippen molar-refractivity contribution >= 4 is 17.7 Å². The maximum Gasteiger partial charge on any atom is 0.249 e. The molecule has 3 aliphatic heterocycles. The minimum absolute atomic E-state index is 0.0735. The Kier molecular flexibility index (Phi) is 10.1. The Morgan fingerprint density at radius 1 is 1.09 bits per heavy atom. The fourth-order valence-electron chi connectivity index (χ4n) is 9.00. The SMILES string of the molecule is C=CCN(Cc1ccccc1)C(=O)[C@@H]1[C@H]2C(=O)N([C@@H](CO)C(C)C)C(C(=O)N(CC=C)C(C)(C)CC(C)(C)C)C23CC(C)[C@@]1(C)O3. The zero-order valence-electron chi connectivity index (χ0n) is 29.6. The van der Waals surface area contributed by atoms with Crippen molar-refractivity contribution < 1.29 is 24.2 Å². The fourth-order valence-corrected chi connectivity index (χ4v) is 9.00. The topological polar surface area (TPSA) is 90.4 Å². The van der Waals surface area contributed by atoms with Crippen molar-refractivity contribution in [2.24, 2.45) is 29.1 Å². The molecular weight excluding hydrogens is 578 g/mol. The molecule has 1 spiro atoms. The number of aliphatic hydroxyl groups is 1. The summed E-state index contributed by atoms with van der Waals surface area (Å²) in [4.78, 5) is 50.0. The third-order valence-corrected chi connectivity index (χ3v) is 10.7. The lowest BCUT2D eigenvalue weighted by atomic mass is 9.62. The summed E-state index contributed by atoms with van der Waals surface area (Å²) >= 11 is 0. The normalized spacial score (nSPS) is 29.5. The van der Waals surface area contributed by atoms with Crippen molar-refractivity contribution in [2.45, 2.75) is 111 Å². The molecule has 3 saturated heterocycles. The summed E-state index contributed by atoms with van der Waals surface area (Å²) in [6, 6.07) is 8.16. The molecule has 46 heavy (non-hydrogen) atoms. The van der Waals surface area contributed by atoms with E-state index in [0.717, 1.165) is 12.0 Å². The lowest BCUT2D eigenvalue weighted by molar-refractivity contribution is -0.161. The van der Waals surface area contributed by atoms with E-state index < -0.39 is 40.7 Å². The van der Waals surface area contributed by atoms with Crippen molar-refractivity contribution in [1.29, 1.82) is 0 Å². The van der Waals surface area contributed by atoms with Gasteiger partial charge < -0.3 is 24.5 Å². The highest BCUT2D eigenvalue weighted by atomic mass is 16.5. The summed E-state index contributed by atoms with van der Waals surface area (Å²) < 4.78 is 7.06. The number of nitrogens with zero attached hydrogens (tertiary/aromatic N) is 3. The molecule has 3 fully saturated rings. The average molecular weight is 636 g/mol. The van der Waals surface area contributed by atoms with Crippen LogP contribution in [0.25, 0.3) is 0 Å². The van der Waals surface area contributed by atoms with Crippen LogP contribution in [0.5, 0.6) is 0 Å². The van der Waals surface area contributed by atoms with E-state index in [2.05, 4.69) is 54.7 Å². The highest BCUT2D eigenvalue weighted by Gasteiger charge is 2.80. The molecule has 3 heterocycles. The number of benzene rings is 1. The quantitative estimate of drug-likeness (QED) is 0.291. The number of amides is 3. The van der Waals surface area contributed by atoms with Crippen molar-refractivity contribution in [3.05, 3.63) is 61.2 Å². The summed E-state index contributed by atoms with van der Waals surface area (Å²) in [7, 11) is 0. The Hall–Kier alpha value is -2.97. The molecule has 1 aromatic rings. The van der Waals surface area contributed by atoms with Gasteiger partial charge in [-0.3, -0.25) is 14.4 Å². The molecule has 7 atom stereocenters. The second kappa shape index (κ2) is 12.9. The van der Waals surface area contributed by atoms with E-state index in [0.29, 0.717) is 26.1 Å². The maximum absolute atomic E-state index is 15.2. The summed E-state index contributed by atoms with van der Waals surface area (Å²) in [5.41, 5.74) is -1.83. The zero-order chi connectivity index (χ0) is 34.4. The second-order valence-corrected chi connectivity index (χ2v) is 16.2. The average Bonchev–Trinajstić information content (AvgIpc) is 3.47. The molecule has 2 bridgehead atoms. The number of carbonyl (C=O) groups is 3. The largest absolute Gasteiger partial charge is 0.394 e. The lowest BCUT2D eigenvalue weighted by Gasteiger charge is -2.47. The van der Waals surface area contributed by atoms with E-state index in [1.807, 2.05) is 56.0 Å². The summed E-state index contributed by atoms with van der Waals surface area (Å²) in [5.74, 6) is -2.56. The predicted octanol–water partition coefficient (Wildman–Crippen LogP) is 5.46. The molecular formula is C38H57N3O5. The Bertz CT molecular complexity index is 1320. The molecule has 3 aliphatic rings. The van der Waals surface area contributed by atoms with Crippen LogP contribution in [0.4, 0.5) is 0 Å². The number of carbonyl (C=O) groups excluding carboxylic acids is 3. The van der Waals surface area contributed by atoms with E-state index in [1.54, 1.807) is 22.0 Å². The molecule has 0 radical (unpaired) electrons. The number of hydrogen-bond acceptors (Lipinski definition) is 5. The first kappa shape index (κ1) is 35.9. The lowest BCUT2D eigenvalue weighted by Crippen LogP contribution is -2.63. The van der Waals surface area contributed by atoms with Crippen LogP contribution in [-0.4, -0.2) is 86.0 Å². The first-order valence-electron chi connectivity index (χ1n) is 16.9. The molecule has 8 nitrogen and oxygen atoms in total. The van der Waals surface area contributed by atoms with Crippen LogP contribution >= 0.6 is 0 Å². The van der Waals surface area contributed by atoms with Gasteiger partial charge in [0.15, 0.2) is 0 Å². The van der Waals surface area contributed by atoms with E-state index >= 15 is 4.79 Å². The Morgan fingerprint density at radius 2 is 1.70 bits per heavy atom. The summed E-state index contributed by atoms with van der Waals surface area (Å²) in [6.45, 7) is 27.0. The number of hydrogen-bond donors (Lipinski definition) is 1. The number of fused-ring (bicyclic) bond motifs is 1. The van der Waals surface area contributed by atoms with Crippen molar-refractivity contribution in [3.63, 3.8) is 0 Å². The van der Waals surface area contributed by atoms with E-state index in [4.69, 9.17) is 4.74 Å². The zero-order valence-corrected chi connectivity index (χ0v) is 29.6. The molecule has 1 aromatic carbocycles. The standard InChI is InChI=1S/C38H57N3O5/c1-12-19-39(22-27-17-15-14-16-18-27)32(43)29-30-33(44)41(28(23-42)25(3)4)31(38(30)21-26(5)37(29,11)46-38)34(45)40(20-13-2)36(9,10)24-35(6,7)8/h12-18,25-26,28-31,42H,1-2,19-24H2,3-11H3/t26?,28-,29-,30-,31?,37+,38?/m0/s1. The monoisotopic (exact) mass is 635 g/mol. The minimum Gasteiger partial charge on any atom is -0.394 e. The second-order valence-electron chi connectivity index (χ2n) is 16.2. The highest BCUT2D eigenvalue weighted by molar-refractivity contribution is 5.99. The van der Waals surface area contributed by atoms with Crippen LogP contribution in [0, 0.1) is 29.1 Å². The number of rotatable bonds is 13. The number of aliphatic hydroxyl groups excluding tert-OH is 1. The van der Waals surface area contributed by atoms with Crippen LogP contribution < -0.4 is 0 Å². The van der Waals surface area contributed by atoms with Crippen LogP contribution in [0.15, 0.2) is 55.6 Å². The van der Waals surface area contributed by atoms with Gasteiger partial charge in [-0.1, -0.05) is 84.0 Å². The predicted molar refractivity (Wildman–Crippen MR) is 181 cm³/mol. The van der Waals surface area contributed by atoms with Gasteiger partial charge in [-0.05, 0) is 56.4 Å². The van der Waals surface area contributed by atoms with Crippen molar-refractivity contribution in [2.75, 3.05) is 19.7 Å². The molecule has 0 saturated carbocycles. The van der Waals surface area contributed by atoms with E-state index in [9.17, 15) is 14.7 Å². The fraction of sp³-hybridized carbons (Fsp3) is 0.658. The van der Waals surface area contributed by atoms with E-state index in [1.165, 1.54) is 0 Å². The Labute approximate surface area is 276 Å². The molecule has 1 N–H and O–H groups in total. The smallest absolute Gasteiger partial charge is 0.249 e. The van der Waals surface area contributed by atoms with Crippen LogP contribution in [0.1, 0.15) is 80.7 Å². The third kappa shape index (κ3) is 6.08. The van der Waals surface area contributed by atoms with Crippen molar-refractivity contribution in [1.82, 2.24) is 14.7 Å².